The largest absolute Gasteiger partial charge is 0.383 e. The van der Waals surface area contributed by atoms with Gasteiger partial charge in [-0.3, -0.25) is 4.79 Å². The van der Waals surface area contributed by atoms with Crippen LogP contribution in [0.25, 0.3) is 0 Å². The minimum absolute atomic E-state index is 0.0492. The summed E-state index contributed by atoms with van der Waals surface area (Å²) < 4.78 is 1.11. The van der Waals surface area contributed by atoms with Crippen LogP contribution in [0.2, 0.25) is 0 Å². The fourth-order valence-electron chi connectivity index (χ4n) is 1.85. The maximum absolute atomic E-state index is 11.5. The minimum atomic E-state index is -0.212. The highest BCUT2D eigenvalue weighted by molar-refractivity contribution is 9.11. The standard InChI is InChI=1S/C10H12BrNO2/c1-6-9(13)12-14-8-4-3-7(11)5-10(6,8)2/h3-4,6H,5H2,1-2H3,(H,12,13). The number of amides is 1. The Labute approximate surface area is 91.3 Å². The summed E-state index contributed by atoms with van der Waals surface area (Å²) in [6, 6.07) is 0. The zero-order chi connectivity index (χ0) is 10.3. The molecule has 1 N–H and O–H groups in total. The van der Waals surface area contributed by atoms with Gasteiger partial charge < -0.3 is 4.84 Å². The molecule has 0 spiro atoms. The van der Waals surface area contributed by atoms with E-state index >= 15 is 0 Å². The SMILES string of the molecule is CC1C(=O)NOC2=CC=C(Br)CC21C. The number of fused-ring (bicyclic) bond motifs is 1. The molecule has 0 aromatic carbocycles. The molecule has 0 radical (unpaired) electrons. The lowest BCUT2D eigenvalue weighted by atomic mass is 9.71. The van der Waals surface area contributed by atoms with Crippen LogP contribution in [0.15, 0.2) is 22.4 Å². The van der Waals surface area contributed by atoms with Gasteiger partial charge in [0.05, 0.1) is 5.92 Å². The van der Waals surface area contributed by atoms with Gasteiger partial charge in [-0.15, -0.1) is 0 Å². The monoisotopic (exact) mass is 257 g/mol. The number of allylic oxidation sites excluding steroid dienone is 4. The molecular weight excluding hydrogens is 246 g/mol. The summed E-state index contributed by atoms with van der Waals surface area (Å²) in [7, 11) is 0. The lowest BCUT2D eigenvalue weighted by molar-refractivity contribution is -0.148. The van der Waals surface area contributed by atoms with E-state index in [0.29, 0.717) is 0 Å². The molecule has 2 atom stereocenters. The molecule has 2 rings (SSSR count). The third-order valence-corrected chi connectivity index (χ3v) is 3.67. The van der Waals surface area contributed by atoms with E-state index in [1.165, 1.54) is 0 Å². The van der Waals surface area contributed by atoms with Gasteiger partial charge in [0.25, 0.3) is 5.91 Å². The molecule has 1 heterocycles. The van der Waals surface area contributed by atoms with Crippen molar-refractivity contribution in [2.24, 2.45) is 11.3 Å². The molecule has 1 amide bonds. The molecule has 2 unspecified atom stereocenters. The van der Waals surface area contributed by atoms with Crippen molar-refractivity contribution in [2.45, 2.75) is 20.3 Å². The Balaban J connectivity index is 2.40. The predicted molar refractivity (Wildman–Crippen MR) is 56.2 cm³/mol. The Bertz CT molecular complexity index is 348. The van der Waals surface area contributed by atoms with Crippen LogP contribution in [0, 0.1) is 11.3 Å². The van der Waals surface area contributed by atoms with E-state index in [4.69, 9.17) is 4.84 Å². The van der Waals surface area contributed by atoms with Crippen LogP contribution < -0.4 is 5.48 Å². The maximum Gasteiger partial charge on any atom is 0.256 e. The molecule has 0 aromatic rings. The van der Waals surface area contributed by atoms with Crippen LogP contribution in [0.4, 0.5) is 0 Å². The molecule has 0 aromatic heterocycles. The van der Waals surface area contributed by atoms with E-state index in [1.54, 1.807) is 0 Å². The highest BCUT2D eigenvalue weighted by Crippen LogP contribution is 2.47. The Morgan fingerprint density at radius 3 is 3.07 bits per heavy atom. The Hall–Kier alpha value is -0.770. The quantitative estimate of drug-likeness (QED) is 0.723. The normalized spacial score (nSPS) is 36.2. The smallest absolute Gasteiger partial charge is 0.256 e. The fraction of sp³-hybridized carbons (Fsp3) is 0.500. The Kier molecular flexibility index (Phi) is 2.18. The number of hydrogen-bond donors (Lipinski definition) is 1. The van der Waals surface area contributed by atoms with Gasteiger partial charge in [0.2, 0.25) is 0 Å². The van der Waals surface area contributed by atoms with E-state index in [-0.39, 0.29) is 17.2 Å². The fourth-order valence-corrected chi connectivity index (χ4v) is 2.57. The number of halogens is 1. The third kappa shape index (κ3) is 1.29. The lowest BCUT2D eigenvalue weighted by Crippen LogP contribution is -2.47. The van der Waals surface area contributed by atoms with E-state index in [2.05, 4.69) is 28.3 Å². The lowest BCUT2D eigenvalue weighted by Gasteiger charge is -2.41. The molecular formula is C10H12BrNO2. The van der Waals surface area contributed by atoms with Crippen LogP contribution >= 0.6 is 15.9 Å². The third-order valence-electron chi connectivity index (χ3n) is 3.13. The molecule has 4 heteroatoms. The number of nitrogens with one attached hydrogen (secondary N) is 1. The van der Waals surface area contributed by atoms with Gasteiger partial charge in [-0.25, -0.2) is 0 Å². The number of hydrogen-bond acceptors (Lipinski definition) is 2. The number of carbonyl (C=O) groups is 1. The number of hydroxylamine groups is 1. The second kappa shape index (κ2) is 3.12. The van der Waals surface area contributed by atoms with Crippen LogP contribution in [0.3, 0.4) is 0 Å². The summed E-state index contributed by atoms with van der Waals surface area (Å²) in [4.78, 5) is 16.7. The van der Waals surface area contributed by atoms with Gasteiger partial charge in [-0.2, -0.15) is 5.48 Å². The van der Waals surface area contributed by atoms with Crippen molar-refractivity contribution in [1.29, 1.82) is 0 Å². The molecule has 1 saturated heterocycles. The minimum Gasteiger partial charge on any atom is -0.383 e. The van der Waals surface area contributed by atoms with Crippen molar-refractivity contribution < 1.29 is 9.63 Å². The maximum atomic E-state index is 11.5. The molecule has 0 saturated carbocycles. The molecule has 2 aliphatic rings. The van der Waals surface area contributed by atoms with Gasteiger partial charge in [0, 0.05) is 5.41 Å². The summed E-state index contributed by atoms with van der Waals surface area (Å²) in [5.74, 6) is 0.725. The van der Waals surface area contributed by atoms with Gasteiger partial charge in [-0.05, 0) is 23.1 Å². The van der Waals surface area contributed by atoms with Gasteiger partial charge in [0.1, 0.15) is 5.76 Å². The first-order chi connectivity index (χ1) is 6.54. The van der Waals surface area contributed by atoms with Crippen molar-refractivity contribution in [3.8, 4) is 0 Å². The first-order valence-electron chi connectivity index (χ1n) is 4.57. The molecule has 3 nitrogen and oxygen atoms in total. The van der Waals surface area contributed by atoms with Gasteiger partial charge in [-0.1, -0.05) is 29.8 Å². The molecule has 76 valence electrons. The average molecular weight is 258 g/mol. The molecule has 1 fully saturated rings. The first kappa shape index (κ1) is 9.77. The Morgan fingerprint density at radius 1 is 1.64 bits per heavy atom. The zero-order valence-corrected chi connectivity index (χ0v) is 9.72. The zero-order valence-electron chi connectivity index (χ0n) is 8.13. The van der Waals surface area contributed by atoms with Crippen LogP contribution in [-0.4, -0.2) is 5.91 Å². The van der Waals surface area contributed by atoms with Gasteiger partial charge in [0.15, 0.2) is 0 Å². The van der Waals surface area contributed by atoms with E-state index in [0.717, 1.165) is 16.7 Å². The summed E-state index contributed by atoms with van der Waals surface area (Å²) >= 11 is 3.46. The van der Waals surface area contributed by atoms with E-state index in [1.807, 2.05) is 19.1 Å². The summed E-state index contributed by atoms with van der Waals surface area (Å²) in [6.45, 7) is 3.98. The number of carbonyl (C=O) groups excluding carboxylic acids is 1. The van der Waals surface area contributed by atoms with E-state index < -0.39 is 0 Å². The summed E-state index contributed by atoms with van der Waals surface area (Å²) in [5.41, 5.74) is 2.21. The second-order valence-corrected chi connectivity index (χ2v) is 5.05. The summed E-state index contributed by atoms with van der Waals surface area (Å²) in [5, 5.41) is 0. The topological polar surface area (TPSA) is 38.3 Å². The molecule has 0 bridgehead atoms. The van der Waals surface area contributed by atoms with Crippen molar-refractivity contribution in [3.05, 3.63) is 22.4 Å². The van der Waals surface area contributed by atoms with Crippen LogP contribution in [0.5, 0.6) is 0 Å². The van der Waals surface area contributed by atoms with Crippen molar-refractivity contribution >= 4 is 21.8 Å². The average Bonchev–Trinajstić information content (AvgIpc) is 2.13. The van der Waals surface area contributed by atoms with Crippen LogP contribution in [0.1, 0.15) is 20.3 Å². The second-order valence-electron chi connectivity index (χ2n) is 4.03. The predicted octanol–water partition coefficient (Wildman–Crippen LogP) is 2.26. The number of rotatable bonds is 0. The van der Waals surface area contributed by atoms with Crippen molar-refractivity contribution in [1.82, 2.24) is 5.48 Å². The molecule has 1 aliphatic heterocycles. The summed E-state index contributed by atoms with van der Waals surface area (Å²) in [6.07, 6.45) is 4.68. The highest BCUT2D eigenvalue weighted by atomic mass is 79.9. The van der Waals surface area contributed by atoms with Crippen molar-refractivity contribution in [2.75, 3.05) is 0 Å². The Morgan fingerprint density at radius 2 is 2.36 bits per heavy atom. The van der Waals surface area contributed by atoms with Crippen molar-refractivity contribution in [3.63, 3.8) is 0 Å². The molecule has 1 aliphatic carbocycles. The molecule has 14 heavy (non-hydrogen) atoms. The van der Waals surface area contributed by atoms with Crippen LogP contribution in [-0.2, 0) is 9.63 Å². The van der Waals surface area contributed by atoms with Gasteiger partial charge >= 0.3 is 0 Å². The van der Waals surface area contributed by atoms with E-state index in [9.17, 15) is 4.79 Å². The first-order valence-corrected chi connectivity index (χ1v) is 5.37. The highest BCUT2D eigenvalue weighted by Gasteiger charge is 2.46.